The van der Waals surface area contributed by atoms with Crippen molar-refractivity contribution in [3.63, 3.8) is 0 Å². The van der Waals surface area contributed by atoms with E-state index >= 15 is 0 Å². The van der Waals surface area contributed by atoms with E-state index in [1.807, 2.05) is 37.2 Å². The maximum absolute atomic E-state index is 5.90. The van der Waals surface area contributed by atoms with Gasteiger partial charge < -0.3 is 4.90 Å². The van der Waals surface area contributed by atoms with E-state index in [9.17, 15) is 0 Å². The minimum absolute atomic E-state index is 0.459. The van der Waals surface area contributed by atoms with E-state index in [1.165, 1.54) is 0 Å². The van der Waals surface area contributed by atoms with Crippen LogP contribution in [0.5, 0.6) is 0 Å². The third-order valence-corrected chi connectivity index (χ3v) is 2.35. The summed E-state index contributed by atoms with van der Waals surface area (Å²) in [5.41, 5.74) is 2.10. The lowest BCUT2D eigenvalue weighted by Crippen LogP contribution is -2.08. The largest absolute Gasteiger partial charge is 0.378 e. The molecule has 0 spiro atoms. The molecule has 0 radical (unpaired) electrons. The molecule has 0 unspecified atom stereocenters. The second-order valence-corrected chi connectivity index (χ2v) is 3.48. The van der Waals surface area contributed by atoms with Crippen molar-refractivity contribution in [1.82, 2.24) is 0 Å². The van der Waals surface area contributed by atoms with Crippen LogP contribution in [0, 0.1) is 0 Å². The van der Waals surface area contributed by atoms with E-state index in [0.29, 0.717) is 5.88 Å². The van der Waals surface area contributed by atoms with Crippen LogP contribution in [0.2, 0.25) is 5.02 Å². The van der Waals surface area contributed by atoms with E-state index in [2.05, 4.69) is 0 Å². The van der Waals surface area contributed by atoms with Gasteiger partial charge in [-0.1, -0.05) is 11.6 Å². The molecule has 0 heterocycles. The maximum Gasteiger partial charge on any atom is 0.0489 e. The second kappa shape index (κ2) is 4.01. The van der Waals surface area contributed by atoms with Gasteiger partial charge in [0.25, 0.3) is 0 Å². The second-order valence-electron chi connectivity index (χ2n) is 2.80. The molecule has 1 rings (SSSR count). The van der Waals surface area contributed by atoms with E-state index in [0.717, 1.165) is 16.3 Å². The molecule has 1 aromatic rings. The fourth-order valence-electron chi connectivity index (χ4n) is 0.942. The molecule has 12 heavy (non-hydrogen) atoms. The zero-order valence-electron chi connectivity index (χ0n) is 7.14. The molecule has 0 aromatic heterocycles. The molecule has 1 nitrogen and oxygen atoms in total. The Morgan fingerprint density at radius 1 is 1.33 bits per heavy atom. The summed E-state index contributed by atoms with van der Waals surface area (Å²) in [6, 6.07) is 5.84. The smallest absolute Gasteiger partial charge is 0.0489 e. The summed E-state index contributed by atoms with van der Waals surface area (Å²) >= 11 is 11.6. The van der Waals surface area contributed by atoms with Gasteiger partial charge in [0.05, 0.1) is 0 Å². The summed E-state index contributed by atoms with van der Waals surface area (Å²) in [6.45, 7) is 0. The lowest BCUT2D eigenvalue weighted by molar-refractivity contribution is 1.13. The van der Waals surface area contributed by atoms with Crippen molar-refractivity contribution in [2.75, 3.05) is 19.0 Å². The summed E-state index contributed by atoms with van der Waals surface area (Å²) < 4.78 is 0. The Hall–Kier alpha value is -0.400. The molecule has 0 N–H and O–H groups in total. The average Bonchev–Trinajstić information content (AvgIpc) is 2.05. The number of hydrogen-bond acceptors (Lipinski definition) is 1. The molecule has 0 bridgehead atoms. The van der Waals surface area contributed by atoms with Crippen molar-refractivity contribution in [3.8, 4) is 0 Å². The third-order valence-electron chi connectivity index (χ3n) is 1.69. The highest BCUT2D eigenvalue weighted by molar-refractivity contribution is 6.32. The fourth-order valence-corrected chi connectivity index (χ4v) is 1.42. The zero-order chi connectivity index (χ0) is 9.14. The molecular weight excluding hydrogens is 193 g/mol. The number of hydrogen-bond donors (Lipinski definition) is 0. The summed E-state index contributed by atoms with van der Waals surface area (Å²) in [5, 5.41) is 0.732. The Bertz CT molecular complexity index is 271. The van der Waals surface area contributed by atoms with Crippen LogP contribution in [0.1, 0.15) is 5.56 Å². The van der Waals surface area contributed by atoms with E-state index in [4.69, 9.17) is 23.2 Å². The lowest BCUT2D eigenvalue weighted by atomic mass is 10.2. The van der Waals surface area contributed by atoms with Gasteiger partial charge in [0, 0.05) is 30.7 Å². The molecule has 66 valence electrons. The number of alkyl halides is 1. The Balaban J connectivity index is 3.05. The van der Waals surface area contributed by atoms with Crippen molar-refractivity contribution in [2.24, 2.45) is 0 Å². The van der Waals surface area contributed by atoms with Crippen molar-refractivity contribution in [2.45, 2.75) is 5.88 Å². The van der Waals surface area contributed by atoms with Crippen LogP contribution < -0.4 is 4.90 Å². The maximum atomic E-state index is 5.90. The number of nitrogens with zero attached hydrogens (tertiary/aromatic N) is 1. The summed E-state index contributed by atoms with van der Waals surface area (Å²) in [6.07, 6.45) is 0. The minimum atomic E-state index is 0.459. The van der Waals surface area contributed by atoms with Crippen molar-refractivity contribution in [1.29, 1.82) is 0 Å². The lowest BCUT2D eigenvalue weighted by Gasteiger charge is -2.13. The van der Waals surface area contributed by atoms with Gasteiger partial charge >= 0.3 is 0 Å². The highest BCUT2D eigenvalue weighted by Crippen LogP contribution is 2.23. The van der Waals surface area contributed by atoms with Gasteiger partial charge in [-0.25, -0.2) is 0 Å². The van der Waals surface area contributed by atoms with Gasteiger partial charge in [-0.05, 0) is 23.8 Å². The van der Waals surface area contributed by atoms with Gasteiger partial charge in [0.2, 0.25) is 0 Å². The Morgan fingerprint density at radius 2 is 2.00 bits per heavy atom. The van der Waals surface area contributed by atoms with Crippen LogP contribution in [0.4, 0.5) is 5.69 Å². The molecule has 0 saturated heterocycles. The van der Waals surface area contributed by atoms with Crippen LogP contribution in [0.15, 0.2) is 18.2 Å². The third kappa shape index (κ3) is 2.05. The van der Waals surface area contributed by atoms with Crippen LogP contribution in [0.25, 0.3) is 0 Å². The first-order valence-corrected chi connectivity index (χ1v) is 4.58. The first-order chi connectivity index (χ1) is 5.65. The van der Waals surface area contributed by atoms with Gasteiger partial charge in [-0.15, -0.1) is 11.6 Å². The normalized spacial score (nSPS) is 10.0. The fraction of sp³-hybridized carbons (Fsp3) is 0.333. The molecule has 3 heteroatoms. The van der Waals surface area contributed by atoms with Gasteiger partial charge in [-0.3, -0.25) is 0 Å². The SMILES string of the molecule is CN(C)c1ccc(Cl)c(CCl)c1. The van der Waals surface area contributed by atoms with Gasteiger partial charge in [0.1, 0.15) is 0 Å². The molecule has 0 amide bonds. The number of halogens is 2. The highest BCUT2D eigenvalue weighted by atomic mass is 35.5. The van der Waals surface area contributed by atoms with Crippen LogP contribution >= 0.6 is 23.2 Å². The predicted octanol–water partition coefficient (Wildman–Crippen LogP) is 3.14. The molecule has 0 fully saturated rings. The van der Waals surface area contributed by atoms with Crippen LogP contribution in [-0.4, -0.2) is 14.1 Å². The summed E-state index contributed by atoms with van der Waals surface area (Å²) in [4.78, 5) is 2.02. The van der Waals surface area contributed by atoms with E-state index in [1.54, 1.807) is 0 Å². The highest BCUT2D eigenvalue weighted by Gasteiger charge is 2.01. The number of anilines is 1. The Labute approximate surface area is 82.9 Å². The van der Waals surface area contributed by atoms with E-state index in [-0.39, 0.29) is 0 Å². The zero-order valence-corrected chi connectivity index (χ0v) is 8.65. The molecule has 0 aliphatic heterocycles. The van der Waals surface area contributed by atoms with Crippen molar-refractivity contribution in [3.05, 3.63) is 28.8 Å². The Kier molecular flexibility index (Phi) is 3.24. The number of benzene rings is 1. The first kappa shape index (κ1) is 9.69. The quantitative estimate of drug-likeness (QED) is 0.669. The number of rotatable bonds is 2. The van der Waals surface area contributed by atoms with Crippen LogP contribution in [0.3, 0.4) is 0 Å². The Morgan fingerprint density at radius 3 is 2.50 bits per heavy atom. The molecule has 0 atom stereocenters. The van der Waals surface area contributed by atoms with Crippen molar-refractivity contribution >= 4 is 28.9 Å². The van der Waals surface area contributed by atoms with Crippen LogP contribution in [-0.2, 0) is 5.88 Å². The molecule has 0 aliphatic carbocycles. The van der Waals surface area contributed by atoms with Crippen molar-refractivity contribution < 1.29 is 0 Å². The average molecular weight is 204 g/mol. The topological polar surface area (TPSA) is 3.24 Å². The minimum Gasteiger partial charge on any atom is -0.378 e. The monoisotopic (exact) mass is 203 g/mol. The summed E-state index contributed by atoms with van der Waals surface area (Å²) in [5.74, 6) is 0.459. The molecule has 1 aromatic carbocycles. The molecule has 0 aliphatic rings. The predicted molar refractivity (Wildman–Crippen MR) is 55.3 cm³/mol. The first-order valence-electron chi connectivity index (χ1n) is 3.67. The van der Waals surface area contributed by atoms with Gasteiger partial charge in [0.15, 0.2) is 0 Å². The summed E-state index contributed by atoms with van der Waals surface area (Å²) in [7, 11) is 3.97. The van der Waals surface area contributed by atoms with Gasteiger partial charge in [-0.2, -0.15) is 0 Å². The molecule has 0 saturated carbocycles. The van der Waals surface area contributed by atoms with E-state index < -0.39 is 0 Å². The molecular formula is C9H11Cl2N. The standard InChI is InChI=1S/C9H11Cl2N/c1-12(2)8-3-4-9(11)7(5-8)6-10/h3-5H,6H2,1-2H3.